The third kappa shape index (κ3) is 10.0. The lowest BCUT2D eigenvalue weighted by atomic mass is 9.64. The molecule has 4 unspecified atom stereocenters. The first-order chi connectivity index (χ1) is 41.5. The zero-order valence-corrected chi connectivity index (χ0v) is 53.3. The molecule has 0 radical (unpaired) electrons. The van der Waals surface area contributed by atoms with Gasteiger partial charge >= 0.3 is 0 Å². The van der Waals surface area contributed by atoms with E-state index in [0.29, 0.717) is 23.7 Å². The number of hydrogen-bond donors (Lipinski definition) is 1. The summed E-state index contributed by atoms with van der Waals surface area (Å²) in [5.74, 6) is 2.60. The number of hydrogen-bond acceptors (Lipinski definition) is 3. The zero-order valence-electron chi connectivity index (χ0n) is 53.3. The Morgan fingerprint density at radius 3 is 1.04 bits per heavy atom. The number of aryl methyl sites for hydroxylation is 1. The summed E-state index contributed by atoms with van der Waals surface area (Å²) in [6, 6.07) is 53.5. The topological polar surface area (TPSA) is 51.8 Å². The molecule has 12 rings (SSSR count). The minimum atomic E-state index is -0.616. The Bertz CT molecular complexity index is 3430. The Kier molecular flexibility index (Phi) is 17.1. The molecule has 0 fully saturated rings. The van der Waals surface area contributed by atoms with Crippen LogP contribution in [0.3, 0.4) is 0 Å². The summed E-state index contributed by atoms with van der Waals surface area (Å²) < 4.78 is 0. The predicted molar refractivity (Wildman–Crippen MR) is 362 cm³/mol. The van der Waals surface area contributed by atoms with E-state index in [1.54, 1.807) is 11.1 Å². The third-order valence-corrected chi connectivity index (χ3v) is 22.1. The van der Waals surface area contributed by atoms with Gasteiger partial charge in [0.05, 0.1) is 16.8 Å². The van der Waals surface area contributed by atoms with Gasteiger partial charge in [-0.1, -0.05) is 249 Å². The quantitative estimate of drug-likeness (QED) is 0.0550. The molecule has 2 aromatic heterocycles. The number of pyridine rings is 2. The second-order valence-corrected chi connectivity index (χ2v) is 27.1. The summed E-state index contributed by atoms with van der Waals surface area (Å²) in [5.41, 5.74) is 35.0. The molecule has 4 aliphatic carbocycles. The van der Waals surface area contributed by atoms with Crippen LogP contribution in [0, 0.1) is 30.6 Å². The fourth-order valence-electron chi connectivity index (χ4n) is 17.5. The summed E-state index contributed by atoms with van der Waals surface area (Å²) in [4.78, 5) is 10.4. The molecule has 4 aliphatic rings. The van der Waals surface area contributed by atoms with Crippen molar-refractivity contribution in [1.29, 1.82) is 0 Å². The van der Waals surface area contributed by atoms with E-state index < -0.39 is 5.41 Å². The van der Waals surface area contributed by atoms with Crippen LogP contribution in [0.2, 0.25) is 0 Å². The minimum absolute atomic E-state index is 0.0479. The highest BCUT2D eigenvalue weighted by Crippen LogP contribution is 2.64. The number of benzene rings is 6. The number of unbranched alkanes of at least 4 members (excludes halogenated alkanes) is 4. The highest BCUT2D eigenvalue weighted by Gasteiger charge is 2.54. The first kappa shape index (κ1) is 58.8. The van der Waals surface area contributed by atoms with Gasteiger partial charge in [0.25, 0.3) is 0 Å². The van der Waals surface area contributed by atoms with Crippen LogP contribution in [0.4, 0.5) is 5.69 Å². The molecule has 6 aromatic carbocycles. The Balaban J connectivity index is 1.03. The first-order valence-electron chi connectivity index (χ1n) is 34.1. The number of aromatic nitrogens is 2. The predicted octanol–water partition coefficient (Wildman–Crippen LogP) is 23.0. The van der Waals surface area contributed by atoms with Crippen molar-refractivity contribution in [3.63, 3.8) is 0 Å². The normalized spacial score (nSPS) is 18.5. The zero-order chi connectivity index (χ0) is 59.0. The molecule has 0 saturated heterocycles. The van der Waals surface area contributed by atoms with Crippen LogP contribution in [0.15, 0.2) is 146 Å². The van der Waals surface area contributed by atoms with Crippen LogP contribution < -0.4 is 5.73 Å². The maximum atomic E-state index is 6.86. The fourth-order valence-corrected chi connectivity index (χ4v) is 17.5. The van der Waals surface area contributed by atoms with Gasteiger partial charge in [0.1, 0.15) is 0 Å². The molecular formula is C82H97N3. The summed E-state index contributed by atoms with van der Waals surface area (Å²) in [7, 11) is 0. The van der Waals surface area contributed by atoms with Crippen molar-refractivity contribution in [3.8, 4) is 67.0 Å². The summed E-state index contributed by atoms with van der Waals surface area (Å²) in [5, 5.41) is 0. The van der Waals surface area contributed by atoms with Crippen LogP contribution in [0.5, 0.6) is 0 Å². The van der Waals surface area contributed by atoms with E-state index in [4.69, 9.17) is 15.7 Å². The molecule has 8 aromatic rings. The molecule has 0 saturated carbocycles. The first-order valence-corrected chi connectivity index (χ1v) is 34.1. The lowest BCUT2D eigenvalue weighted by molar-refractivity contribution is 0.266. The molecule has 2 N–H and O–H groups in total. The van der Waals surface area contributed by atoms with Crippen molar-refractivity contribution in [2.45, 2.75) is 207 Å². The number of fused-ring (bicyclic) bond motifs is 16. The van der Waals surface area contributed by atoms with Gasteiger partial charge in [-0.2, -0.15) is 0 Å². The summed E-state index contributed by atoms with van der Waals surface area (Å²) >= 11 is 0. The largest absolute Gasteiger partial charge is 0.399 e. The fraction of sp³-hybridized carbons (Fsp3) is 0.439. The summed E-state index contributed by atoms with van der Waals surface area (Å²) in [6.45, 7) is 21.5. The van der Waals surface area contributed by atoms with E-state index in [9.17, 15) is 0 Å². The molecule has 0 amide bonds. The van der Waals surface area contributed by atoms with E-state index >= 15 is 0 Å². The van der Waals surface area contributed by atoms with Gasteiger partial charge in [-0.3, -0.25) is 9.97 Å². The van der Waals surface area contributed by atoms with E-state index in [-0.39, 0.29) is 10.8 Å². The van der Waals surface area contributed by atoms with E-state index in [0.717, 1.165) is 29.9 Å². The molecular weight excluding hydrogens is 1030 g/mol. The van der Waals surface area contributed by atoms with Crippen molar-refractivity contribution < 1.29 is 0 Å². The van der Waals surface area contributed by atoms with Crippen LogP contribution in [-0.4, -0.2) is 9.97 Å². The van der Waals surface area contributed by atoms with Gasteiger partial charge in [-0.05, 0) is 205 Å². The molecule has 2 heterocycles. The van der Waals surface area contributed by atoms with Crippen molar-refractivity contribution in [2.24, 2.45) is 23.7 Å². The average molecular weight is 1120 g/mol. The molecule has 4 atom stereocenters. The molecule has 0 aliphatic heterocycles. The minimum Gasteiger partial charge on any atom is -0.399 e. The Morgan fingerprint density at radius 2 is 0.671 bits per heavy atom. The highest BCUT2D eigenvalue weighted by molar-refractivity contribution is 5.96. The SMILES string of the molecule is CCCCC(CC)CC1(CC(CC)CCCC)c2cc(C)ccc2-c2ccc(-c3ccc4c(c3)C3(c5cc(-c6ccc7c(c6)C(CC(CC)CCCC)(CC(CC)CCCC)c6cc(N)ccc6-7)ccc5-4)c4cccnc4-c4ncccc43)cc21. The number of rotatable bonds is 26. The summed E-state index contributed by atoms with van der Waals surface area (Å²) in [6.07, 6.45) is 28.7. The Labute approximate surface area is 512 Å². The second kappa shape index (κ2) is 24.7. The van der Waals surface area contributed by atoms with Gasteiger partial charge in [-0.25, -0.2) is 0 Å². The van der Waals surface area contributed by atoms with E-state index in [1.807, 2.05) is 12.4 Å². The van der Waals surface area contributed by atoms with Gasteiger partial charge in [-0.15, -0.1) is 0 Å². The molecule has 0 bridgehead atoms. The number of nitrogens with two attached hydrogens (primary N) is 1. The number of nitrogen functional groups attached to an aromatic ring is 1. The Hall–Kier alpha value is -6.58. The second-order valence-electron chi connectivity index (χ2n) is 27.1. The van der Waals surface area contributed by atoms with Crippen LogP contribution in [0.1, 0.15) is 234 Å². The number of anilines is 1. The van der Waals surface area contributed by atoms with E-state index in [2.05, 4.69) is 196 Å². The highest BCUT2D eigenvalue weighted by atomic mass is 14.8. The van der Waals surface area contributed by atoms with Gasteiger partial charge in [0.15, 0.2) is 0 Å². The molecule has 3 heteroatoms. The molecule has 440 valence electrons. The van der Waals surface area contributed by atoms with Crippen molar-refractivity contribution in [1.82, 2.24) is 9.97 Å². The van der Waals surface area contributed by atoms with E-state index in [1.165, 1.54) is 210 Å². The van der Waals surface area contributed by atoms with Gasteiger partial charge < -0.3 is 5.73 Å². The molecule has 85 heavy (non-hydrogen) atoms. The number of nitrogens with zero attached hydrogens (tertiary/aromatic N) is 2. The monoisotopic (exact) mass is 1120 g/mol. The van der Waals surface area contributed by atoms with Crippen molar-refractivity contribution in [3.05, 3.63) is 196 Å². The lowest BCUT2D eigenvalue weighted by Gasteiger charge is -2.39. The third-order valence-electron chi connectivity index (χ3n) is 22.1. The maximum Gasteiger partial charge on any atom is 0.0937 e. The lowest BCUT2D eigenvalue weighted by Crippen LogP contribution is -2.31. The molecule has 1 spiro atoms. The average Bonchev–Trinajstić information content (AvgIpc) is 1.55. The van der Waals surface area contributed by atoms with Gasteiger partial charge in [0, 0.05) is 28.9 Å². The van der Waals surface area contributed by atoms with Gasteiger partial charge in [0.2, 0.25) is 0 Å². The van der Waals surface area contributed by atoms with Crippen LogP contribution in [-0.2, 0) is 16.2 Å². The maximum absolute atomic E-state index is 6.86. The smallest absolute Gasteiger partial charge is 0.0937 e. The Morgan fingerprint density at radius 1 is 0.353 bits per heavy atom. The standard InChI is InChI=1S/C82H97N3/c1-10-18-24-55(14-5)50-80(51-56(15-6)25-19-11-2)72-44-54(9)30-36-64(72)65-37-31-59(45-73(65)80)61-33-39-68-69-40-34-62(48-77(69)82(76(68)47-61)70-28-22-42-84-78(70)79-71(82)29-23-43-85-79)60-32-38-66-67-41-35-63(83)49-75(67)81(74(66)46-60,52-57(16-7)26-20-12-3)53-58(17-8)27-21-13-4/h22-23,28-49,55-58H,10-21,24-27,50-53,83H2,1-9H3. The van der Waals surface area contributed by atoms with Crippen LogP contribution >= 0.6 is 0 Å². The van der Waals surface area contributed by atoms with Crippen LogP contribution in [0.25, 0.3) is 67.0 Å². The van der Waals surface area contributed by atoms with Crippen molar-refractivity contribution >= 4 is 5.69 Å². The molecule has 3 nitrogen and oxygen atoms in total. The van der Waals surface area contributed by atoms with Crippen molar-refractivity contribution in [2.75, 3.05) is 5.73 Å².